The third-order valence-corrected chi connectivity index (χ3v) is 2.93. The van der Waals surface area contributed by atoms with Crippen LogP contribution in [0.5, 0.6) is 5.75 Å². The monoisotopic (exact) mass is 244 g/mol. The second-order valence-corrected chi connectivity index (χ2v) is 4.19. The van der Waals surface area contributed by atoms with Crippen LogP contribution < -0.4 is 16.0 Å². The molecule has 1 aromatic carbocycles. The number of hydrogen-bond donors (Lipinski definition) is 1. The average Bonchev–Trinajstić information content (AvgIpc) is 2.40. The van der Waals surface area contributed by atoms with Crippen molar-refractivity contribution in [3.63, 3.8) is 0 Å². The highest BCUT2D eigenvalue weighted by molar-refractivity contribution is 5.43. The lowest BCUT2D eigenvalue weighted by molar-refractivity contribution is 0.414. The van der Waals surface area contributed by atoms with E-state index in [1.807, 2.05) is 37.3 Å². The predicted octanol–water partition coefficient (Wildman–Crippen LogP) is 1.80. The quantitative estimate of drug-likeness (QED) is 0.895. The first kappa shape index (κ1) is 12.2. The Hall–Kier alpha value is -2.23. The number of benzene rings is 1. The van der Waals surface area contributed by atoms with E-state index >= 15 is 0 Å². The van der Waals surface area contributed by atoms with Crippen molar-refractivity contribution in [2.45, 2.75) is 13.5 Å². The molecule has 2 N–H and O–H groups in total. The summed E-state index contributed by atoms with van der Waals surface area (Å²) >= 11 is 0. The van der Waals surface area contributed by atoms with Gasteiger partial charge in [-0.1, -0.05) is 12.1 Å². The van der Waals surface area contributed by atoms with E-state index in [-0.39, 0.29) is 5.56 Å². The van der Waals surface area contributed by atoms with Crippen LogP contribution in [-0.2, 0) is 6.54 Å². The van der Waals surface area contributed by atoms with Gasteiger partial charge in [-0.25, -0.2) is 0 Å². The summed E-state index contributed by atoms with van der Waals surface area (Å²) in [6.45, 7) is 2.34. The molecule has 0 fully saturated rings. The van der Waals surface area contributed by atoms with Gasteiger partial charge in [0.05, 0.1) is 13.7 Å². The normalized spacial score (nSPS) is 10.3. The van der Waals surface area contributed by atoms with E-state index in [1.54, 1.807) is 17.9 Å². The van der Waals surface area contributed by atoms with Crippen LogP contribution in [0.25, 0.3) is 0 Å². The summed E-state index contributed by atoms with van der Waals surface area (Å²) in [5.41, 5.74) is 7.73. The molecule has 0 aliphatic heterocycles. The van der Waals surface area contributed by atoms with Gasteiger partial charge in [0.2, 0.25) is 0 Å². The van der Waals surface area contributed by atoms with E-state index < -0.39 is 0 Å². The van der Waals surface area contributed by atoms with E-state index in [9.17, 15) is 4.79 Å². The van der Waals surface area contributed by atoms with Gasteiger partial charge in [-0.3, -0.25) is 4.79 Å². The van der Waals surface area contributed by atoms with Gasteiger partial charge in [-0.15, -0.1) is 0 Å². The van der Waals surface area contributed by atoms with Crippen molar-refractivity contribution in [3.05, 3.63) is 58.0 Å². The number of pyridine rings is 1. The minimum atomic E-state index is -0.147. The first-order valence-electron chi connectivity index (χ1n) is 5.70. The molecule has 1 aromatic heterocycles. The van der Waals surface area contributed by atoms with Crippen molar-refractivity contribution in [3.8, 4) is 5.75 Å². The lowest BCUT2D eigenvalue weighted by atomic mass is 10.2. The lowest BCUT2D eigenvalue weighted by Gasteiger charge is -2.08. The van der Waals surface area contributed by atoms with Crippen LogP contribution in [0.4, 0.5) is 5.69 Å². The van der Waals surface area contributed by atoms with Crippen molar-refractivity contribution < 1.29 is 4.74 Å². The van der Waals surface area contributed by atoms with E-state index in [4.69, 9.17) is 10.5 Å². The van der Waals surface area contributed by atoms with Crippen LogP contribution >= 0.6 is 0 Å². The maximum absolute atomic E-state index is 11.9. The topological polar surface area (TPSA) is 57.2 Å². The molecule has 4 nitrogen and oxygen atoms in total. The van der Waals surface area contributed by atoms with Crippen molar-refractivity contribution in [2.75, 3.05) is 12.8 Å². The highest BCUT2D eigenvalue weighted by atomic mass is 16.5. The third-order valence-electron chi connectivity index (χ3n) is 2.93. The molecule has 0 aliphatic carbocycles. The standard InChI is InChI=1S/C14H16N2O2/c1-10-7-8-16(14(17)13(10)15)9-11-3-5-12(18-2)6-4-11/h3-8H,9,15H2,1-2H3. The smallest absolute Gasteiger partial charge is 0.274 e. The Morgan fingerprint density at radius 1 is 1.22 bits per heavy atom. The maximum Gasteiger partial charge on any atom is 0.274 e. The largest absolute Gasteiger partial charge is 0.497 e. The van der Waals surface area contributed by atoms with E-state index in [0.717, 1.165) is 16.9 Å². The lowest BCUT2D eigenvalue weighted by Crippen LogP contribution is -2.23. The SMILES string of the molecule is COc1ccc(Cn2ccc(C)c(N)c2=O)cc1. The number of nitrogens with zero attached hydrogens (tertiary/aromatic N) is 1. The summed E-state index contributed by atoms with van der Waals surface area (Å²) in [4.78, 5) is 11.9. The molecule has 0 amide bonds. The molecule has 0 bridgehead atoms. The van der Waals surface area contributed by atoms with Gasteiger partial charge in [0, 0.05) is 6.20 Å². The highest BCUT2D eigenvalue weighted by Gasteiger charge is 2.04. The number of nitrogens with two attached hydrogens (primary N) is 1. The van der Waals surface area contributed by atoms with Crippen LogP contribution in [0.1, 0.15) is 11.1 Å². The first-order valence-corrected chi connectivity index (χ1v) is 5.70. The molecule has 0 unspecified atom stereocenters. The Morgan fingerprint density at radius 3 is 2.50 bits per heavy atom. The molecule has 0 aliphatic rings. The first-order chi connectivity index (χ1) is 8.61. The number of aryl methyl sites for hydroxylation is 1. The fraction of sp³-hybridized carbons (Fsp3) is 0.214. The van der Waals surface area contributed by atoms with Crippen LogP contribution in [0, 0.1) is 6.92 Å². The molecule has 0 atom stereocenters. The minimum absolute atomic E-state index is 0.147. The summed E-state index contributed by atoms with van der Waals surface area (Å²) in [6, 6.07) is 9.46. The van der Waals surface area contributed by atoms with Gasteiger partial charge in [-0.2, -0.15) is 0 Å². The fourth-order valence-corrected chi connectivity index (χ4v) is 1.73. The molecule has 0 saturated carbocycles. The van der Waals surface area contributed by atoms with Crippen LogP contribution in [0.15, 0.2) is 41.3 Å². The zero-order valence-corrected chi connectivity index (χ0v) is 10.5. The molecule has 0 radical (unpaired) electrons. The number of ether oxygens (including phenoxy) is 1. The van der Waals surface area contributed by atoms with E-state index in [0.29, 0.717) is 12.2 Å². The molecule has 18 heavy (non-hydrogen) atoms. The van der Waals surface area contributed by atoms with Crippen molar-refractivity contribution >= 4 is 5.69 Å². The molecule has 94 valence electrons. The number of aromatic nitrogens is 1. The molecule has 1 heterocycles. The number of rotatable bonds is 3. The van der Waals surface area contributed by atoms with E-state index in [1.165, 1.54) is 0 Å². The van der Waals surface area contributed by atoms with Gasteiger partial charge in [0.15, 0.2) is 0 Å². The summed E-state index contributed by atoms with van der Waals surface area (Å²) in [6.07, 6.45) is 1.76. The maximum atomic E-state index is 11.9. The van der Waals surface area contributed by atoms with Gasteiger partial charge in [0.1, 0.15) is 11.4 Å². The second-order valence-electron chi connectivity index (χ2n) is 4.19. The Kier molecular flexibility index (Phi) is 3.37. The highest BCUT2D eigenvalue weighted by Crippen LogP contribution is 2.12. The molecular formula is C14H16N2O2. The van der Waals surface area contributed by atoms with Crippen LogP contribution in [0.3, 0.4) is 0 Å². The zero-order valence-electron chi connectivity index (χ0n) is 10.5. The number of nitrogen functional groups attached to an aromatic ring is 1. The van der Waals surface area contributed by atoms with Crippen LogP contribution in [-0.4, -0.2) is 11.7 Å². The van der Waals surface area contributed by atoms with Crippen LogP contribution in [0.2, 0.25) is 0 Å². The summed E-state index contributed by atoms with van der Waals surface area (Å²) in [7, 11) is 1.63. The molecule has 2 rings (SSSR count). The molecule has 0 saturated heterocycles. The zero-order chi connectivity index (χ0) is 13.1. The minimum Gasteiger partial charge on any atom is -0.497 e. The Bertz CT molecular complexity index is 600. The molecular weight excluding hydrogens is 228 g/mol. The fourth-order valence-electron chi connectivity index (χ4n) is 1.73. The molecule has 2 aromatic rings. The Morgan fingerprint density at radius 2 is 1.89 bits per heavy atom. The second kappa shape index (κ2) is 4.96. The number of hydrogen-bond acceptors (Lipinski definition) is 3. The molecule has 4 heteroatoms. The van der Waals surface area contributed by atoms with E-state index in [2.05, 4.69) is 0 Å². The van der Waals surface area contributed by atoms with Gasteiger partial charge in [-0.05, 0) is 36.2 Å². The van der Waals surface area contributed by atoms with Gasteiger partial charge >= 0.3 is 0 Å². The van der Waals surface area contributed by atoms with Gasteiger partial charge in [0.25, 0.3) is 5.56 Å². The van der Waals surface area contributed by atoms with Crippen molar-refractivity contribution in [1.29, 1.82) is 0 Å². The summed E-state index contributed by atoms with van der Waals surface area (Å²) in [5, 5.41) is 0. The Labute approximate surface area is 106 Å². The number of anilines is 1. The molecule has 0 spiro atoms. The third kappa shape index (κ3) is 2.37. The van der Waals surface area contributed by atoms with Crippen molar-refractivity contribution in [1.82, 2.24) is 4.57 Å². The summed E-state index contributed by atoms with van der Waals surface area (Å²) in [5.74, 6) is 0.800. The number of methoxy groups -OCH3 is 1. The van der Waals surface area contributed by atoms with Gasteiger partial charge < -0.3 is 15.0 Å². The average molecular weight is 244 g/mol. The van der Waals surface area contributed by atoms with Crippen molar-refractivity contribution in [2.24, 2.45) is 0 Å². The Balaban J connectivity index is 2.28. The predicted molar refractivity (Wildman–Crippen MR) is 71.9 cm³/mol. The summed E-state index contributed by atoms with van der Waals surface area (Å²) < 4.78 is 6.69.